The molecule has 1 unspecified atom stereocenters. The van der Waals surface area contributed by atoms with Crippen molar-refractivity contribution in [3.05, 3.63) is 39.7 Å². The van der Waals surface area contributed by atoms with Gasteiger partial charge in [0.2, 0.25) is 0 Å². The van der Waals surface area contributed by atoms with Gasteiger partial charge in [-0.05, 0) is 24.1 Å². The summed E-state index contributed by atoms with van der Waals surface area (Å²) in [7, 11) is -1.11. The fourth-order valence-electron chi connectivity index (χ4n) is 1.05. The fourth-order valence-corrected chi connectivity index (χ4v) is 2.57. The highest BCUT2D eigenvalue weighted by Crippen LogP contribution is 2.19. The Labute approximate surface area is 95.3 Å². The zero-order chi connectivity index (χ0) is 11.1. The van der Waals surface area contributed by atoms with Crippen LogP contribution in [0.5, 0.6) is 0 Å². The molecule has 0 amide bonds. The number of halogens is 1. The first kappa shape index (κ1) is 12.0. The van der Waals surface area contributed by atoms with E-state index < -0.39 is 10.8 Å². The molecule has 80 valence electrons. The zero-order valence-electron chi connectivity index (χ0n) is 7.97. The lowest BCUT2D eigenvalue weighted by atomic mass is 10.4. The standard InChI is InChI=1S/C9H10ClN3OS/c10-8-4-1-2-5-9(8)15(14)7-3-6-12-13-11/h1-2,4-5H,3,6-7H2. The minimum absolute atomic E-state index is 0.368. The topological polar surface area (TPSA) is 65.8 Å². The molecule has 0 aliphatic heterocycles. The number of hydrogen-bond acceptors (Lipinski definition) is 2. The van der Waals surface area contributed by atoms with Crippen LogP contribution < -0.4 is 0 Å². The molecule has 1 rings (SSSR count). The van der Waals surface area contributed by atoms with Crippen LogP contribution in [0.4, 0.5) is 0 Å². The normalized spacial score (nSPS) is 11.8. The lowest BCUT2D eigenvalue weighted by molar-refractivity contribution is 0.680. The number of rotatable bonds is 5. The molecular weight excluding hydrogens is 234 g/mol. The molecule has 0 radical (unpaired) electrons. The summed E-state index contributed by atoms with van der Waals surface area (Å²) >= 11 is 5.88. The van der Waals surface area contributed by atoms with Crippen LogP contribution in [0.1, 0.15) is 6.42 Å². The van der Waals surface area contributed by atoms with Crippen LogP contribution in [0.3, 0.4) is 0 Å². The average Bonchev–Trinajstić information content (AvgIpc) is 2.25. The Bertz CT molecular complexity index is 404. The number of benzene rings is 1. The van der Waals surface area contributed by atoms with Crippen molar-refractivity contribution < 1.29 is 4.21 Å². The average molecular weight is 244 g/mol. The third-order valence-corrected chi connectivity index (χ3v) is 3.68. The largest absolute Gasteiger partial charge is 0.254 e. The molecule has 0 fully saturated rings. The molecular formula is C9H10ClN3OS. The maximum atomic E-state index is 11.7. The van der Waals surface area contributed by atoms with Crippen molar-refractivity contribution in [3.8, 4) is 0 Å². The molecule has 6 heteroatoms. The lowest BCUT2D eigenvalue weighted by Gasteiger charge is -2.02. The van der Waals surface area contributed by atoms with Crippen molar-refractivity contribution >= 4 is 22.4 Å². The van der Waals surface area contributed by atoms with Crippen molar-refractivity contribution in [2.75, 3.05) is 12.3 Å². The molecule has 0 aliphatic carbocycles. The zero-order valence-corrected chi connectivity index (χ0v) is 9.54. The molecule has 0 aromatic heterocycles. The summed E-state index contributed by atoms with van der Waals surface area (Å²) in [6.45, 7) is 0.368. The summed E-state index contributed by atoms with van der Waals surface area (Å²) in [4.78, 5) is 3.26. The fraction of sp³-hybridized carbons (Fsp3) is 0.333. The van der Waals surface area contributed by atoms with Gasteiger partial charge < -0.3 is 0 Å². The van der Waals surface area contributed by atoms with Crippen LogP contribution in [0.2, 0.25) is 5.02 Å². The molecule has 0 saturated carbocycles. The van der Waals surface area contributed by atoms with Gasteiger partial charge in [0.05, 0.1) is 20.7 Å². The first-order chi connectivity index (χ1) is 7.25. The second kappa shape index (κ2) is 6.45. The lowest BCUT2D eigenvalue weighted by Crippen LogP contribution is -2.00. The number of azide groups is 1. The van der Waals surface area contributed by atoms with Crippen LogP contribution in [0.25, 0.3) is 10.4 Å². The number of nitrogens with zero attached hydrogens (tertiary/aromatic N) is 3. The third-order valence-electron chi connectivity index (χ3n) is 1.73. The summed E-state index contributed by atoms with van der Waals surface area (Å²) in [5, 5.41) is 3.89. The van der Waals surface area contributed by atoms with Crippen molar-refractivity contribution in [3.63, 3.8) is 0 Å². The quantitative estimate of drug-likeness (QED) is 0.339. The van der Waals surface area contributed by atoms with E-state index in [0.717, 1.165) is 0 Å². The van der Waals surface area contributed by atoms with E-state index in [2.05, 4.69) is 10.0 Å². The summed E-state index contributed by atoms with van der Waals surface area (Å²) in [5.41, 5.74) is 8.05. The van der Waals surface area contributed by atoms with Gasteiger partial charge in [0.25, 0.3) is 0 Å². The Balaban J connectivity index is 2.54. The Hall–Kier alpha value is -1.03. The maximum absolute atomic E-state index is 11.7. The van der Waals surface area contributed by atoms with Gasteiger partial charge in [0.15, 0.2) is 0 Å². The molecule has 1 atom stereocenters. The van der Waals surface area contributed by atoms with Gasteiger partial charge in [-0.25, -0.2) is 0 Å². The van der Waals surface area contributed by atoms with Gasteiger partial charge in [-0.15, -0.1) is 0 Å². The monoisotopic (exact) mass is 243 g/mol. The van der Waals surface area contributed by atoms with Crippen LogP contribution in [-0.4, -0.2) is 16.5 Å². The van der Waals surface area contributed by atoms with E-state index in [1.165, 1.54) is 0 Å². The third kappa shape index (κ3) is 3.91. The van der Waals surface area contributed by atoms with E-state index in [0.29, 0.717) is 28.6 Å². The molecule has 0 bridgehead atoms. The predicted octanol–water partition coefficient (Wildman–Crippen LogP) is 3.15. The first-order valence-electron chi connectivity index (χ1n) is 4.39. The highest BCUT2D eigenvalue weighted by atomic mass is 35.5. The van der Waals surface area contributed by atoms with Gasteiger partial charge in [-0.3, -0.25) is 4.21 Å². The van der Waals surface area contributed by atoms with E-state index in [1.54, 1.807) is 24.3 Å². The Morgan fingerprint density at radius 1 is 1.47 bits per heavy atom. The summed E-state index contributed by atoms with van der Waals surface area (Å²) in [6, 6.07) is 7.05. The molecule has 4 nitrogen and oxygen atoms in total. The predicted molar refractivity (Wildman–Crippen MR) is 61.4 cm³/mol. The molecule has 15 heavy (non-hydrogen) atoms. The van der Waals surface area contributed by atoms with E-state index in [1.807, 2.05) is 0 Å². The summed E-state index contributed by atoms with van der Waals surface area (Å²) < 4.78 is 11.7. The van der Waals surface area contributed by atoms with Crippen molar-refractivity contribution in [2.45, 2.75) is 11.3 Å². The van der Waals surface area contributed by atoms with Gasteiger partial charge in [-0.2, -0.15) is 0 Å². The minimum atomic E-state index is -1.11. The molecule has 1 aromatic rings. The summed E-state index contributed by atoms with van der Waals surface area (Å²) in [5.74, 6) is 0.461. The van der Waals surface area contributed by atoms with Crippen LogP contribution >= 0.6 is 11.6 Å². The molecule has 0 spiro atoms. The van der Waals surface area contributed by atoms with Gasteiger partial charge in [0, 0.05) is 17.2 Å². The highest BCUT2D eigenvalue weighted by Gasteiger charge is 2.06. The Kier molecular flexibility index (Phi) is 5.18. The van der Waals surface area contributed by atoms with Gasteiger partial charge >= 0.3 is 0 Å². The molecule has 1 aromatic carbocycles. The maximum Gasteiger partial charge on any atom is 0.0574 e. The minimum Gasteiger partial charge on any atom is -0.254 e. The molecule has 0 aliphatic rings. The summed E-state index contributed by atoms with van der Waals surface area (Å²) in [6.07, 6.45) is 0.599. The second-order valence-corrected chi connectivity index (χ2v) is 4.73. The van der Waals surface area contributed by atoms with Crippen LogP contribution in [-0.2, 0) is 10.8 Å². The molecule has 0 N–H and O–H groups in total. The van der Waals surface area contributed by atoms with Gasteiger partial charge in [0.1, 0.15) is 0 Å². The SMILES string of the molecule is [N-]=[N+]=NCCCS(=O)c1ccccc1Cl. The van der Waals surface area contributed by atoms with Crippen molar-refractivity contribution in [2.24, 2.45) is 5.11 Å². The first-order valence-corrected chi connectivity index (χ1v) is 6.09. The van der Waals surface area contributed by atoms with Crippen molar-refractivity contribution in [1.29, 1.82) is 0 Å². The Morgan fingerprint density at radius 3 is 2.87 bits per heavy atom. The highest BCUT2D eigenvalue weighted by molar-refractivity contribution is 7.85. The van der Waals surface area contributed by atoms with Crippen LogP contribution in [0, 0.1) is 0 Å². The molecule has 0 heterocycles. The van der Waals surface area contributed by atoms with Crippen molar-refractivity contribution in [1.82, 2.24) is 0 Å². The van der Waals surface area contributed by atoms with E-state index in [-0.39, 0.29) is 0 Å². The van der Waals surface area contributed by atoms with E-state index in [4.69, 9.17) is 17.1 Å². The smallest absolute Gasteiger partial charge is 0.0574 e. The van der Waals surface area contributed by atoms with E-state index >= 15 is 0 Å². The second-order valence-electron chi connectivity index (χ2n) is 2.79. The number of hydrogen-bond donors (Lipinski definition) is 0. The Morgan fingerprint density at radius 2 is 2.20 bits per heavy atom. The van der Waals surface area contributed by atoms with Crippen LogP contribution in [0.15, 0.2) is 34.3 Å². The molecule has 0 saturated heterocycles. The van der Waals surface area contributed by atoms with Gasteiger partial charge in [-0.1, -0.05) is 28.8 Å². The van der Waals surface area contributed by atoms with E-state index in [9.17, 15) is 4.21 Å².